The number of hydrogen-bond donors (Lipinski definition) is 1. The third-order valence-corrected chi connectivity index (χ3v) is 5.34. The molecule has 3 amide bonds. The zero-order chi connectivity index (χ0) is 16.4. The summed E-state index contributed by atoms with van der Waals surface area (Å²) >= 11 is 1.70. The summed E-state index contributed by atoms with van der Waals surface area (Å²) in [4.78, 5) is 30.1. The molecule has 3 heterocycles. The van der Waals surface area contributed by atoms with Crippen LogP contribution in [0.4, 0.5) is 4.79 Å². The van der Waals surface area contributed by atoms with Crippen molar-refractivity contribution in [2.24, 2.45) is 5.41 Å². The van der Waals surface area contributed by atoms with E-state index in [2.05, 4.69) is 27.0 Å². The third kappa shape index (κ3) is 3.67. The fourth-order valence-electron chi connectivity index (χ4n) is 3.55. The van der Waals surface area contributed by atoms with E-state index in [9.17, 15) is 9.59 Å². The van der Waals surface area contributed by atoms with Crippen LogP contribution >= 0.6 is 11.3 Å². The van der Waals surface area contributed by atoms with Gasteiger partial charge in [0.15, 0.2) is 0 Å². The molecular formula is C16H24N4O2S. The van der Waals surface area contributed by atoms with Gasteiger partial charge in [0.25, 0.3) is 0 Å². The van der Waals surface area contributed by atoms with Crippen molar-refractivity contribution >= 4 is 23.3 Å². The van der Waals surface area contributed by atoms with Crippen LogP contribution in [0.5, 0.6) is 0 Å². The molecule has 2 aliphatic heterocycles. The zero-order valence-electron chi connectivity index (χ0n) is 13.7. The minimum Gasteiger partial charge on any atom is -0.355 e. The Morgan fingerprint density at radius 1 is 1.39 bits per heavy atom. The highest BCUT2D eigenvalue weighted by Crippen LogP contribution is 2.31. The molecule has 6 nitrogen and oxygen atoms in total. The Morgan fingerprint density at radius 2 is 2.22 bits per heavy atom. The lowest BCUT2D eigenvalue weighted by molar-refractivity contribution is -0.119. The van der Waals surface area contributed by atoms with Gasteiger partial charge in [0.05, 0.1) is 0 Å². The van der Waals surface area contributed by atoms with E-state index in [0.717, 1.165) is 19.6 Å². The van der Waals surface area contributed by atoms with Crippen LogP contribution < -0.4 is 5.32 Å². The number of nitrogens with zero attached hydrogens (tertiary/aromatic N) is 3. The van der Waals surface area contributed by atoms with Gasteiger partial charge in [-0.15, -0.1) is 0 Å². The Morgan fingerprint density at radius 3 is 2.83 bits per heavy atom. The van der Waals surface area contributed by atoms with Crippen LogP contribution in [0.2, 0.25) is 0 Å². The summed E-state index contributed by atoms with van der Waals surface area (Å²) < 4.78 is 0. The lowest BCUT2D eigenvalue weighted by Crippen LogP contribution is -2.46. The highest BCUT2D eigenvalue weighted by Gasteiger charge is 2.44. The van der Waals surface area contributed by atoms with Crippen molar-refractivity contribution in [3.63, 3.8) is 0 Å². The van der Waals surface area contributed by atoms with Gasteiger partial charge in [-0.2, -0.15) is 11.3 Å². The Labute approximate surface area is 141 Å². The molecule has 2 aliphatic rings. The average molecular weight is 336 g/mol. The molecule has 1 N–H and O–H groups in total. The summed E-state index contributed by atoms with van der Waals surface area (Å²) in [6, 6.07) is 2.17. The molecule has 23 heavy (non-hydrogen) atoms. The van der Waals surface area contributed by atoms with Gasteiger partial charge in [-0.3, -0.25) is 9.69 Å². The summed E-state index contributed by atoms with van der Waals surface area (Å²) in [7, 11) is 3.56. The number of rotatable bonds is 2. The topological polar surface area (TPSA) is 55.9 Å². The molecule has 2 fully saturated rings. The fourth-order valence-corrected chi connectivity index (χ4v) is 4.21. The van der Waals surface area contributed by atoms with Gasteiger partial charge in [0.1, 0.15) is 0 Å². The molecule has 0 bridgehead atoms. The predicted molar refractivity (Wildman–Crippen MR) is 90.3 cm³/mol. The van der Waals surface area contributed by atoms with Crippen LogP contribution in [0.3, 0.4) is 0 Å². The molecule has 1 aromatic rings. The minimum atomic E-state index is -0.171. The van der Waals surface area contributed by atoms with Gasteiger partial charge in [0, 0.05) is 65.2 Å². The maximum absolute atomic E-state index is 12.4. The first-order chi connectivity index (χ1) is 11.0. The Bertz CT molecular complexity index is 575. The van der Waals surface area contributed by atoms with Crippen LogP contribution in [0.15, 0.2) is 16.8 Å². The molecule has 0 aliphatic carbocycles. The molecule has 2 saturated heterocycles. The zero-order valence-corrected chi connectivity index (χ0v) is 14.6. The van der Waals surface area contributed by atoms with E-state index in [0.29, 0.717) is 26.1 Å². The normalized spacial score (nSPS) is 25.5. The minimum absolute atomic E-state index is 0.0288. The van der Waals surface area contributed by atoms with E-state index in [1.165, 1.54) is 5.56 Å². The monoisotopic (exact) mass is 336 g/mol. The fraction of sp³-hybridized carbons (Fsp3) is 0.625. The highest BCUT2D eigenvalue weighted by molar-refractivity contribution is 7.07. The van der Waals surface area contributed by atoms with Gasteiger partial charge in [-0.1, -0.05) is 0 Å². The van der Waals surface area contributed by atoms with Gasteiger partial charge >= 0.3 is 6.03 Å². The van der Waals surface area contributed by atoms with Crippen molar-refractivity contribution in [3.05, 3.63) is 22.4 Å². The summed E-state index contributed by atoms with van der Waals surface area (Å²) in [5.74, 6) is 0.0969. The molecule has 1 atom stereocenters. The second-order valence-electron chi connectivity index (χ2n) is 6.89. The van der Waals surface area contributed by atoms with Crippen LogP contribution in [-0.4, -0.2) is 73.5 Å². The first-order valence-corrected chi connectivity index (χ1v) is 8.88. The Balaban J connectivity index is 1.78. The number of hydrogen-bond acceptors (Lipinski definition) is 4. The number of amides is 3. The lowest BCUT2D eigenvalue weighted by atomic mass is 9.86. The maximum Gasteiger partial charge on any atom is 0.319 e. The summed E-state index contributed by atoms with van der Waals surface area (Å²) in [5, 5.41) is 7.21. The molecule has 7 heteroatoms. The van der Waals surface area contributed by atoms with E-state index in [-0.39, 0.29) is 17.4 Å². The predicted octanol–water partition coefficient (Wildman–Crippen LogP) is 1.05. The largest absolute Gasteiger partial charge is 0.355 e. The SMILES string of the molecule is CN(C)C(=O)N1CCN(Cc2ccsc2)C[C@]2(CNC(=O)C2)C1. The number of carbonyl (C=O) groups is 2. The summed E-state index contributed by atoms with van der Waals surface area (Å²) in [5.41, 5.74) is 1.13. The van der Waals surface area contributed by atoms with Crippen molar-refractivity contribution in [2.75, 3.05) is 46.8 Å². The highest BCUT2D eigenvalue weighted by atomic mass is 32.1. The van der Waals surface area contributed by atoms with Crippen molar-refractivity contribution in [1.82, 2.24) is 20.0 Å². The number of carbonyl (C=O) groups excluding carboxylic acids is 2. The lowest BCUT2D eigenvalue weighted by Gasteiger charge is -2.33. The van der Waals surface area contributed by atoms with Crippen molar-refractivity contribution in [1.29, 1.82) is 0 Å². The standard InChI is InChI=1S/C16H24N4O2S/c1-18(2)15(22)20-5-4-19(8-13-3-6-23-9-13)11-16(12-20)7-14(21)17-10-16/h3,6,9H,4-5,7-8,10-12H2,1-2H3,(H,17,21)/t16-/m0/s1. The number of nitrogens with one attached hydrogen (secondary N) is 1. The van der Waals surface area contributed by atoms with Gasteiger partial charge in [-0.25, -0.2) is 4.79 Å². The van der Waals surface area contributed by atoms with Gasteiger partial charge in [-0.05, 0) is 22.4 Å². The first kappa shape index (κ1) is 16.3. The second kappa shape index (κ2) is 6.49. The van der Waals surface area contributed by atoms with Gasteiger partial charge in [0.2, 0.25) is 5.91 Å². The maximum atomic E-state index is 12.4. The van der Waals surface area contributed by atoms with E-state index < -0.39 is 0 Å². The number of urea groups is 1. The molecule has 1 spiro atoms. The molecule has 3 rings (SSSR count). The third-order valence-electron chi connectivity index (χ3n) is 4.61. The average Bonchev–Trinajstić information content (AvgIpc) is 3.08. The second-order valence-corrected chi connectivity index (χ2v) is 7.67. The Hall–Kier alpha value is -1.60. The van der Waals surface area contributed by atoms with E-state index in [1.807, 2.05) is 4.90 Å². The van der Waals surface area contributed by atoms with Gasteiger partial charge < -0.3 is 15.1 Å². The van der Waals surface area contributed by atoms with Crippen LogP contribution in [0, 0.1) is 5.41 Å². The molecule has 0 radical (unpaired) electrons. The van der Waals surface area contributed by atoms with E-state index in [4.69, 9.17) is 0 Å². The van der Waals surface area contributed by atoms with Crippen molar-refractivity contribution in [2.45, 2.75) is 13.0 Å². The molecular weight excluding hydrogens is 312 g/mol. The molecule has 0 aromatic carbocycles. The van der Waals surface area contributed by atoms with E-state index >= 15 is 0 Å². The van der Waals surface area contributed by atoms with Crippen LogP contribution in [-0.2, 0) is 11.3 Å². The van der Waals surface area contributed by atoms with Crippen molar-refractivity contribution < 1.29 is 9.59 Å². The molecule has 1 aromatic heterocycles. The van der Waals surface area contributed by atoms with Crippen LogP contribution in [0.1, 0.15) is 12.0 Å². The van der Waals surface area contributed by atoms with Crippen LogP contribution in [0.25, 0.3) is 0 Å². The smallest absolute Gasteiger partial charge is 0.319 e. The molecule has 126 valence electrons. The molecule has 0 unspecified atom stereocenters. The Kier molecular flexibility index (Phi) is 4.59. The quantitative estimate of drug-likeness (QED) is 0.878. The van der Waals surface area contributed by atoms with Crippen molar-refractivity contribution in [3.8, 4) is 0 Å². The number of thiophene rings is 1. The summed E-state index contributed by atoms with van der Waals surface area (Å²) in [6.07, 6.45) is 0.504. The first-order valence-electron chi connectivity index (χ1n) is 7.94. The van der Waals surface area contributed by atoms with E-state index in [1.54, 1.807) is 30.3 Å². The summed E-state index contributed by atoms with van der Waals surface area (Å²) in [6.45, 7) is 4.57. The molecule has 0 saturated carbocycles.